The summed E-state index contributed by atoms with van der Waals surface area (Å²) in [6.07, 6.45) is 2.99. The third-order valence-corrected chi connectivity index (χ3v) is 3.81. The fourth-order valence-electron chi connectivity index (χ4n) is 2.51. The van der Waals surface area contributed by atoms with Crippen LogP contribution in [-0.2, 0) is 0 Å². The topological polar surface area (TPSA) is 88.2 Å². The molecule has 1 atom stereocenters. The Morgan fingerprint density at radius 2 is 2.14 bits per heavy atom. The number of nitrogens with zero attached hydrogens (tertiary/aromatic N) is 2. The first kappa shape index (κ1) is 15.1. The maximum atomic E-state index is 9.58. The van der Waals surface area contributed by atoms with Crippen LogP contribution in [0.4, 0.5) is 0 Å². The summed E-state index contributed by atoms with van der Waals surface area (Å²) >= 11 is 6.29. The van der Waals surface area contributed by atoms with Crippen LogP contribution in [0.5, 0.6) is 0 Å². The number of aliphatic imine (C=N–C) groups is 1. The molecule has 0 radical (unpaired) electrons. The summed E-state index contributed by atoms with van der Waals surface area (Å²) in [6.45, 7) is 2.03. The average Bonchev–Trinajstić information content (AvgIpc) is 2.47. The lowest BCUT2D eigenvalue weighted by Gasteiger charge is -2.26. The maximum Gasteiger partial charge on any atom is 0.129 e. The lowest BCUT2D eigenvalue weighted by atomic mass is 9.81. The van der Waals surface area contributed by atoms with Gasteiger partial charge in [0.2, 0.25) is 0 Å². The monoisotopic (exact) mass is 300 g/mol. The Hall–Kier alpha value is -2.25. The van der Waals surface area contributed by atoms with Crippen molar-refractivity contribution < 1.29 is 0 Å². The molecule has 0 aliphatic carbocycles. The Morgan fingerprint density at radius 1 is 1.43 bits per heavy atom. The highest BCUT2D eigenvalue weighted by molar-refractivity contribution is 6.31. The van der Waals surface area contributed by atoms with E-state index < -0.39 is 0 Å². The van der Waals surface area contributed by atoms with Gasteiger partial charge in [-0.3, -0.25) is 0 Å². The van der Waals surface area contributed by atoms with Crippen LogP contribution in [0.1, 0.15) is 31.2 Å². The fourth-order valence-corrected chi connectivity index (χ4v) is 2.76. The van der Waals surface area contributed by atoms with Crippen LogP contribution in [0.2, 0.25) is 5.02 Å². The molecular weight excluding hydrogens is 284 g/mol. The van der Waals surface area contributed by atoms with Crippen LogP contribution in [0.3, 0.4) is 0 Å². The van der Waals surface area contributed by atoms with Gasteiger partial charge in [0.1, 0.15) is 5.84 Å². The van der Waals surface area contributed by atoms with Crippen LogP contribution in [0.25, 0.3) is 0 Å². The molecule has 21 heavy (non-hydrogen) atoms. The van der Waals surface area contributed by atoms with Gasteiger partial charge in [0, 0.05) is 16.8 Å². The number of nitriles is 1. The number of halogens is 1. The quantitative estimate of drug-likeness (QED) is 0.898. The van der Waals surface area contributed by atoms with Gasteiger partial charge in [-0.2, -0.15) is 5.26 Å². The summed E-state index contributed by atoms with van der Waals surface area (Å²) in [4.78, 5) is 4.34. The van der Waals surface area contributed by atoms with Crippen LogP contribution in [0.15, 0.2) is 52.3 Å². The predicted molar refractivity (Wildman–Crippen MR) is 85.6 cm³/mol. The highest BCUT2D eigenvalue weighted by Gasteiger charge is 2.31. The van der Waals surface area contributed by atoms with Crippen LogP contribution in [0, 0.1) is 11.3 Å². The van der Waals surface area contributed by atoms with Crippen LogP contribution in [-0.4, -0.2) is 5.84 Å². The van der Waals surface area contributed by atoms with Gasteiger partial charge in [0.15, 0.2) is 0 Å². The summed E-state index contributed by atoms with van der Waals surface area (Å²) < 4.78 is 0. The Labute approximate surface area is 129 Å². The van der Waals surface area contributed by atoms with Crippen molar-refractivity contribution >= 4 is 17.4 Å². The number of hydrogen-bond acceptors (Lipinski definition) is 4. The Balaban J connectivity index is 2.68. The molecule has 108 valence electrons. The van der Waals surface area contributed by atoms with Crippen molar-refractivity contribution in [1.29, 1.82) is 5.26 Å². The molecule has 2 rings (SSSR count). The second-order valence-electron chi connectivity index (χ2n) is 4.80. The second kappa shape index (κ2) is 6.47. The van der Waals surface area contributed by atoms with E-state index in [2.05, 4.69) is 11.1 Å². The van der Waals surface area contributed by atoms with E-state index in [1.807, 2.05) is 25.1 Å². The first-order chi connectivity index (χ1) is 10.1. The Bertz CT molecular complexity index is 680. The predicted octanol–water partition coefficient (Wildman–Crippen LogP) is 3.21. The first-order valence-electron chi connectivity index (χ1n) is 6.77. The molecule has 0 saturated heterocycles. The molecule has 1 aliphatic heterocycles. The second-order valence-corrected chi connectivity index (χ2v) is 5.20. The van der Waals surface area contributed by atoms with E-state index in [1.54, 1.807) is 6.07 Å². The van der Waals surface area contributed by atoms with E-state index in [1.165, 1.54) is 6.20 Å². The van der Waals surface area contributed by atoms with E-state index in [-0.39, 0.29) is 5.92 Å². The molecule has 0 aromatic heterocycles. The number of nitrogens with two attached hydrogens (primary N) is 2. The molecule has 1 aromatic carbocycles. The largest absolute Gasteiger partial charge is 0.404 e. The molecule has 1 aliphatic rings. The van der Waals surface area contributed by atoms with Gasteiger partial charge in [-0.25, -0.2) is 4.99 Å². The summed E-state index contributed by atoms with van der Waals surface area (Å²) in [7, 11) is 0. The van der Waals surface area contributed by atoms with Crippen molar-refractivity contribution in [2.24, 2.45) is 16.5 Å². The first-order valence-corrected chi connectivity index (χ1v) is 7.15. The minimum absolute atomic E-state index is 0.352. The molecule has 0 amide bonds. The zero-order valence-corrected chi connectivity index (χ0v) is 12.6. The lowest BCUT2D eigenvalue weighted by molar-refractivity contribution is 0.836. The molecule has 1 unspecified atom stereocenters. The van der Waals surface area contributed by atoms with Crippen molar-refractivity contribution in [2.45, 2.75) is 25.7 Å². The van der Waals surface area contributed by atoms with E-state index in [9.17, 15) is 5.26 Å². The number of hydrogen-bond donors (Lipinski definition) is 2. The van der Waals surface area contributed by atoms with Crippen molar-refractivity contribution in [3.63, 3.8) is 0 Å². The van der Waals surface area contributed by atoms with Crippen molar-refractivity contribution in [1.82, 2.24) is 0 Å². The number of benzene rings is 1. The molecule has 0 saturated carbocycles. The molecule has 0 fully saturated rings. The highest BCUT2D eigenvalue weighted by Crippen LogP contribution is 2.40. The zero-order valence-electron chi connectivity index (χ0n) is 11.8. The van der Waals surface area contributed by atoms with E-state index in [4.69, 9.17) is 23.1 Å². The number of rotatable bonds is 3. The third-order valence-electron chi connectivity index (χ3n) is 3.46. The Morgan fingerprint density at radius 3 is 2.71 bits per heavy atom. The third kappa shape index (κ3) is 2.79. The smallest absolute Gasteiger partial charge is 0.129 e. The minimum Gasteiger partial charge on any atom is -0.404 e. The van der Waals surface area contributed by atoms with Crippen molar-refractivity contribution in [3.8, 4) is 6.07 Å². The van der Waals surface area contributed by atoms with Gasteiger partial charge < -0.3 is 11.5 Å². The normalized spacial score (nSPS) is 20.3. The van der Waals surface area contributed by atoms with Crippen LogP contribution < -0.4 is 11.5 Å². The minimum atomic E-state index is -0.354. The van der Waals surface area contributed by atoms with Crippen molar-refractivity contribution in [3.05, 3.63) is 57.9 Å². The van der Waals surface area contributed by atoms with Gasteiger partial charge in [0.05, 0.1) is 23.3 Å². The Kier molecular flexibility index (Phi) is 4.66. The van der Waals surface area contributed by atoms with Gasteiger partial charge in [-0.05, 0) is 18.1 Å². The summed E-state index contributed by atoms with van der Waals surface area (Å²) in [5.41, 5.74) is 14.5. The highest BCUT2D eigenvalue weighted by atomic mass is 35.5. The van der Waals surface area contributed by atoms with E-state index in [0.717, 1.165) is 12.0 Å². The summed E-state index contributed by atoms with van der Waals surface area (Å²) in [5, 5.41) is 10.2. The van der Waals surface area contributed by atoms with Gasteiger partial charge in [0.25, 0.3) is 0 Å². The zero-order chi connectivity index (χ0) is 15.4. The molecule has 4 N–H and O–H groups in total. The molecule has 0 spiro atoms. The molecule has 1 aromatic rings. The maximum absolute atomic E-state index is 9.58. The number of amidine groups is 1. The SMILES string of the molecule is CCCC1=C(C#N)C(c2ccccc2Cl)/C(=C/N)C(N)=N1. The van der Waals surface area contributed by atoms with E-state index >= 15 is 0 Å². The van der Waals surface area contributed by atoms with Gasteiger partial charge >= 0.3 is 0 Å². The molecule has 4 nitrogen and oxygen atoms in total. The van der Waals surface area contributed by atoms with Crippen LogP contribution >= 0.6 is 11.6 Å². The van der Waals surface area contributed by atoms with Gasteiger partial charge in [-0.1, -0.05) is 43.1 Å². The lowest BCUT2D eigenvalue weighted by Crippen LogP contribution is -2.26. The fraction of sp³-hybridized carbons (Fsp3) is 0.250. The summed E-state index contributed by atoms with van der Waals surface area (Å²) in [5.74, 6) is -0.00220. The number of allylic oxidation sites excluding steroid dienone is 2. The van der Waals surface area contributed by atoms with Crippen molar-refractivity contribution in [2.75, 3.05) is 0 Å². The average molecular weight is 301 g/mol. The van der Waals surface area contributed by atoms with Gasteiger partial charge in [-0.15, -0.1) is 0 Å². The molecular formula is C16H17ClN4. The molecule has 0 bridgehead atoms. The molecule has 1 heterocycles. The molecule has 5 heteroatoms. The standard InChI is InChI=1S/C16H17ClN4/c1-2-5-14-11(8-18)15(12(9-19)16(20)21-14)10-6-3-4-7-13(10)17/h3-4,6-7,9,15H,2,5,19H2,1H3,(H2,20,21)/b12-9-. The summed E-state index contributed by atoms with van der Waals surface area (Å²) in [6, 6.07) is 9.67. The van der Waals surface area contributed by atoms with E-state index in [0.29, 0.717) is 34.1 Å².